The van der Waals surface area contributed by atoms with Crippen molar-refractivity contribution in [3.8, 4) is 5.69 Å². The van der Waals surface area contributed by atoms with Crippen LogP contribution in [0, 0.1) is 20.8 Å². The monoisotopic (exact) mass is 434 g/mol. The molecule has 3 aromatic rings. The summed E-state index contributed by atoms with van der Waals surface area (Å²) in [7, 11) is 0. The van der Waals surface area contributed by atoms with Crippen LogP contribution in [0.3, 0.4) is 0 Å². The van der Waals surface area contributed by atoms with Crippen LogP contribution < -0.4 is 0 Å². The van der Waals surface area contributed by atoms with Gasteiger partial charge < -0.3 is 5.11 Å². The lowest BCUT2D eigenvalue weighted by Crippen LogP contribution is -2.27. The first-order valence-electron chi connectivity index (χ1n) is 8.03. The molecule has 0 unspecified atom stereocenters. The lowest BCUT2D eigenvalue weighted by atomic mass is 10.0. The zero-order valence-electron chi connectivity index (χ0n) is 15.2. The third-order valence-corrected chi connectivity index (χ3v) is 5.81. The summed E-state index contributed by atoms with van der Waals surface area (Å²) in [6, 6.07) is 6.14. The lowest BCUT2D eigenvalue weighted by molar-refractivity contribution is -0.138. The molecule has 0 amide bonds. The maximum atomic E-state index is 11.5. The number of carboxylic acids is 1. The molecule has 3 rings (SSSR count). The Morgan fingerprint density at radius 1 is 1.19 bits per heavy atom. The van der Waals surface area contributed by atoms with Gasteiger partial charge in [-0.1, -0.05) is 23.9 Å². The van der Waals surface area contributed by atoms with Crippen molar-refractivity contribution in [2.75, 3.05) is 0 Å². The molecule has 0 atom stereocenters. The molecule has 1 N–H and O–H groups in total. The fourth-order valence-electron chi connectivity index (χ4n) is 2.77. The van der Waals surface area contributed by atoms with Crippen LogP contribution in [0.4, 0.5) is 0 Å². The number of carboxylic acid groups (broad SMARTS) is 1. The first-order valence-corrected chi connectivity index (χ1v) is 9.64. The number of aromatic nitrogens is 4. The van der Waals surface area contributed by atoms with Crippen LogP contribution in [0.15, 0.2) is 28.1 Å². The number of hydrogen-bond acceptors (Lipinski definition) is 5. The highest BCUT2D eigenvalue weighted by Crippen LogP contribution is 2.37. The quantitative estimate of drug-likeness (QED) is 0.610. The zero-order chi connectivity index (χ0) is 19.2. The van der Waals surface area contributed by atoms with Crippen LogP contribution in [0.25, 0.3) is 16.6 Å². The maximum absolute atomic E-state index is 11.5. The van der Waals surface area contributed by atoms with E-state index in [1.54, 1.807) is 13.8 Å². The number of thioether (sulfide) groups is 1. The predicted molar refractivity (Wildman–Crippen MR) is 106 cm³/mol. The summed E-state index contributed by atoms with van der Waals surface area (Å²) in [6.07, 6.45) is 0. The zero-order valence-corrected chi connectivity index (χ0v) is 17.6. The number of benzene rings is 1. The van der Waals surface area contributed by atoms with E-state index in [0.29, 0.717) is 9.89 Å². The number of pyridine rings is 1. The van der Waals surface area contributed by atoms with Crippen molar-refractivity contribution in [3.63, 3.8) is 0 Å². The van der Waals surface area contributed by atoms with Gasteiger partial charge >= 0.3 is 5.97 Å². The Bertz CT molecular complexity index is 1030. The molecular weight excluding hydrogens is 416 g/mol. The number of carbonyl (C=O) groups is 1. The molecule has 0 saturated heterocycles. The summed E-state index contributed by atoms with van der Waals surface area (Å²) in [5, 5.41) is 19.3. The largest absolute Gasteiger partial charge is 0.480 e. The van der Waals surface area contributed by atoms with Gasteiger partial charge in [0.05, 0.1) is 11.2 Å². The number of aliphatic carboxylic acids is 1. The molecule has 2 heterocycles. The van der Waals surface area contributed by atoms with E-state index < -0.39 is 10.7 Å². The fraction of sp³-hybridized carbons (Fsp3) is 0.333. The SMILES string of the molecule is Cc1ccc2c(C)cc(C)c(-n3c(Br)nnc3SC(C)(C)C(=O)O)c2n1. The lowest BCUT2D eigenvalue weighted by Gasteiger charge is -2.20. The van der Waals surface area contributed by atoms with Crippen LogP contribution in [0.2, 0.25) is 0 Å². The maximum Gasteiger partial charge on any atom is 0.319 e. The van der Waals surface area contributed by atoms with E-state index in [2.05, 4.69) is 45.2 Å². The molecule has 2 aromatic heterocycles. The van der Waals surface area contributed by atoms with Gasteiger partial charge in [0.25, 0.3) is 0 Å². The van der Waals surface area contributed by atoms with Gasteiger partial charge in [-0.25, -0.2) is 0 Å². The summed E-state index contributed by atoms with van der Waals surface area (Å²) in [5.74, 6) is -0.910. The summed E-state index contributed by atoms with van der Waals surface area (Å²) in [4.78, 5) is 16.3. The standard InChI is InChI=1S/C18H19BrN4O2S/c1-9-8-10(2)14(13-12(9)7-6-11(3)20-13)23-16(19)21-22-17(23)26-18(4,5)15(24)25/h6-8H,1-5H3,(H,24,25). The first kappa shape index (κ1) is 18.8. The second-order valence-electron chi connectivity index (χ2n) is 6.71. The smallest absolute Gasteiger partial charge is 0.319 e. The number of fused-ring (bicyclic) bond motifs is 1. The number of nitrogens with zero attached hydrogens (tertiary/aromatic N) is 4. The Balaban J connectivity index is 2.30. The molecule has 0 spiro atoms. The van der Waals surface area contributed by atoms with E-state index in [9.17, 15) is 9.90 Å². The van der Waals surface area contributed by atoms with Crippen molar-refractivity contribution in [2.24, 2.45) is 0 Å². The van der Waals surface area contributed by atoms with Gasteiger partial charge in [0, 0.05) is 11.1 Å². The number of hydrogen-bond donors (Lipinski definition) is 1. The molecular formula is C18H19BrN4O2S. The topological polar surface area (TPSA) is 80.9 Å². The van der Waals surface area contributed by atoms with Crippen molar-refractivity contribution >= 4 is 44.6 Å². The molecule has 136 valence electrons. The van der Waals surface area contributed by atoms with E-state index in [4.69, 9.17) is 4.98 Å². The van der Waals surface area contributed by atoms with Gasteiger partial charge in [0.15, 0.2) is 5.16 Å². The van der Waals surface area contributed by atoms with Crippen molar-refractivity contribution < 1.29 is 9.90 Å². The highest BCUT2D eigenvalue weighted by atomic mass is 79.9. The van der Waals surface area contributed by atoms with Gasteiger partial charge in [-0.15, -0.1) is 10.2 Å². The number of rotatable bonds is 4. The van der Waals surface area contributed by atoms with Crippen LogP contribution in [0.1, 0.15) is 30.7 Å². The molecule has 8 heteroatoms. The average Bonchev–Trinajstić information content (AvgIpc) is 2.87. The third-order valence-electron chi connectivity index (χ3n) is 4.17. The minimum atomic E-state index is -1.04. The van der Waals surface area contributed by atoms with Crippen LogP contribution in [-0.2, 0) is 4.79 Å². The summed E-state index contributed by atoms with van der Waals surface area (Å²) < 4.78 is 1.30. The molecule has 0 aliphatic heterocycles. The Kier molecular flexibility index (Phi) is 4.83. The Morgan fingerprint density at radius 2 is 1.88 bits per heavy atom. The van der Waals surface area contributed by atoms with Crippen LogP contribution in [0.5, 0.6) is 0 Å². The van der Waals surface area contributed by atoms with Crippen LogP contribution in [-0.4, -0.2) is 35.6 Å². The second-order valence-corrected chi connectivity index (χ2v) is 9.01. The molecule has 0 radical (unpaired) electrons. The first-order chi connectivity index (χ1) is 12.1. The molecule has 0 aliphatic carbocycles. The van der Waals surface area contributed by atoms with Gasteiger partial charge in [0.2, 0.25) is 4.73 Å². The van der Waals surface area contributed by atoms with E-state index in [-0.39, 0.29) is 0 Å². The molecule has 0 saturated carbocycles. The van der Waals surface area contributed by atoms with Crippen molar-refractivity contribution in [2.45, 2.75) is 44.5 Å². The Morgan fingerprint density at radius 3 is 2.54 bits per heavy atom. The van der Waals surface area contributed by atoms with Gasteiger partial charge in [0.1, 0.15) is 4.75 Å². The van der Waals surface area contributed by atoms with Gasteiger partial charge in [-0.2, -0.15) is 0 Å². The minimum Gasteiger partial charge on any atom is -0.480 e. The minimum absolute atomic E-state index is 0.501. The molecule has 6 nitrogen and oxygen atoms in total. The second kappa shape index (κ2) is 6.66. The molecule has 1 aromatic carbocycles. The summed E-state index contributed by atoms with van der Waals surface area (Å²) in [5.41, 5.74) is 4.77. The van der Waals surface area contributed by atoms with Gasteiger partial charge in [-0.05, 0) is 67.7 Å². The van der Waals surface area contributed by atoms with E-state index in [1.165, 1.54) is 0 Å². The average molecular weight is 435 g/mol. The fourth-order valence-corrected chi connectivity index (χ4v) is 4.21. The van der Waals surface area contributed by atoms with Crippen molar-refractivity contribution in [1.29, 1.82) is 0 Å². The highest BCUT2D eigenvalue weighted by molar-refractivity contribution is 9.10. The molecule has 0 bridgehead atoms. The van der Waals surface area contributed by atoms with E-state index in [1.807, 2.05) is 24.5 Å². The summed E-state index contributed by atoms with van der Waals surface area (Å²) in [6.45, 7) is 9.31. The van der Waals surface area contributed by atoms with Crippen LogP contribution >= 0.6 is 27.7 Å². The molecule has 26 heavy (non-hydrogen) atoms. The van der Waals surface area contributed by atoms with E-state index in [0.717, 1.165) is 45.2 Å². The number of aryl methyl sites for hydroxylation is 3. The summed E-state index contributed by atoms with van der Waals surface area (Å²) >= 11 is 4.61. The van der Waals surface area contributed by atoms with Crippen molar-refractivity contribution in [1.82, 2.24) is 19.7 Å². The van der Waals surface area contributed by atoms with E-state index >= 15 is 0 Å². The number of halogens is 1. The predicted octanol–water partition coefficient (Wildman–Crippen LogP) is 4.46. The van der Waals surface area contributed by atoms with Crippen molar-refractivity contribution in [3.05, 3.63) is 39.8 Å². The third kappa shape index (κ3) is 3.23. The van der Waals surface area contributed by atoms with Gasteiger partial charge in [-0.3, -0.25) is 14.3 Å². The Labute approximate surface area is 164 Å². The Hall–Kier alpha value is -1.93. The molecule has 0 fully saturated rings. The normalized spacial score (nSPS) is 11.9. The highest BCUT2D eigenvalue weighted by Gasteiger charge is 2.32. The molecule has 0 aliphatic rings.